The Morgan fingerprint density at radius 3 is 2.70 bits per heavy atom. The fraction of sp³-hybridized carbons (Fsp3) is 0.214. The number of aromatic hydroxyl groups is 1. The van der Waals surface area contributed by atoms with Crippen molar-refractivity contribution in [1.82, 2.24) is 9.55 Å². The van der Waals surface area contributed by atoms with Crippen LogP contribution in [0.5, 0.6) is 5.75 Å². The summed E-state index contributed by atoms with van der Waals surface area (Å²) in [6.45, 7) is 3.53. The minimum Gasteiger partial charge on any atom is -0.507 e. The Kier molecular flexibility index (Phi) is 3.56. The van der Waals surface area contributed by atoms with Crippen LogP contribution in [0.1, 0.15) is 21.6 Å². The van der Waals surface area contributed by atoms with Gasteiger partial charge in [-0.1, -0.05) is 0 Å². The number of nitrogens with zero attached hydrogens (tertiary/aromatic N) is 2. The highest BCUT2D eigenvalue weighted by Crippen LogP contribution is 2.16. The van der Waals surface area contributed by atoms with Crippen molar-refractivity contribution in [3.8, 4) is 5.75 Å². The van der Waals surface area contributed by atoms with Gasteiger partial charge in [0.1, 0.15) is 17.1 Å². The first kappa shape index (κ1) is 13.8. The fourth-order valence-electron chi connectivity index (χ4n) is 1.80. The van der Waals surface area contributed by atoms with Crippen LogP contribution >= 0.6 is 0 Å². The molecule has 0 aromatic carbocycles. The summed E-state index contributed by atoms with van der Waals surface area (Å²) in [7, 11) is 1.54. The molecular weight excluding hydrogens is 258 g/mol. The van der Waals surface area contributed by atoms with Crippen molar-refractivity contribution in [3.05, 3.63) is 51.6 Å². The van der Waals surface area contributed by atoms with Crippen molar-refractivity contribution in [1.29, 1.82) is 0 Å². The molecular formula is C14H15N3O3. The third-order valence-corrected chi connectivity index (χ3v) is 3.03. The number of amides is 1. The number of anilines is 1. The predicted octanol–water partition coefficient (Wildman–Crippen LogP) is 1.36. The van der Waals surface area contributed by atoms with Gasteiger partial charge < -0.3 is 15.0 Å². The summed E-state index contributed by atoms with van der Waals surface area (Å²) in [6, 6.07) is 4.84. The Balaban J connectivity index is 2.40. The minimum absolute atomic E-state index is 0.290. The van der Waals surface area contributed by atoms with Crippen LogP contribution < -0.4 is 10.9 Å². The van der Waals surface area contributed by atoms with Gasteiger partial charge in [-0.15, -0.1) is 0 Å². The van der Waals surface area contributed by atoms with Gasteiger partial charge in [0.2, 0.25) is 0 Å². The Labute approximate surface area is 115 Å². The van der Waals surface area contributed by atoms with E-state index >= 15 is 0 Å². The molecule has 0 saturated heterocycles. The van der Waals surface area contributed by atoms with Gasteiger partial charge in [-0.2, -0.15) is 0 Å². The summed E-state index contributed by atoms with van der Waals surface area (Å²) in [6.07, 6.45) is 1.55. The predicted molar refractivity (Wildman–Crippen MR) is 75.0 cm³/mol. The molecule has 2 heterocycles. The topological polar surface area (TPSA) is 84.2 Å². The summed E-state index contributed by atoms with van der Waals surface area (Å²) in [5.74, 6) is -0.686. The molecule has 6 nitrogen and oxygen atoms in total. The number of hydrogen-bond donors (Lipinski definition) is 2. The first-order chi connectivity index (χ1) is 9.40. The quantitative estimate of drug-likeness (QED) is 0.865. The van der Waals surface area contributed by atoms with Crippen molar-refractivity contribution < 1.29 is 9.90 Å². The second kappa shape index (κ2) is 5.16. The summed E-state index contributed by atoms with van der Waals surface area (Å²) >= 11 is 0. The molecule has 104 valence electrons. The molecule has 0 radical (unpaired) electrons. The molecule has 0 unspecified atom stereocenters. The van der Waals surface area contributed by atoms with Crippen molar-refractivity contribution in [2.75, 3.05) is 5.32 Å². The Morgan fingerprint density at radius 1 is 1.35 bits per heavy atom. The lowest BCUT2D eigenvalue weighted by molar-refractivity contribution is 0.102. The van der Waals surface area contributed by atoms with Crippen LogP contribution in [0.15, 0.2) is 29.2 Å². The number of carbonyl (C=O) groups excluding carboxylic acids is 1. The van der Waals surface area contributed by atoms with Crippen LogP contribution in [0.3, 0.4) is 0 Å². The first-order valence-corrected chi connectivity index (χ1v) is 6.03. The summed E-state index contributed by atoms with van der Waals surface area (Å²) < 4.78 is 1.30. The third kappa shape index (κ3) is 2.54. The van der Waals surface area contributed by atoms with Crippen LogP contribution in [-0.2, 0) is 7.05 Å². The average molecular weight is 273 g/mol. The number of aromatic nitrogens is 2. The normalized spacial score (nSPS) is 10.3. The summed E-state index contributed by atoms with van der Waals surface area (Å²) in [5.41, 5.74) is 0.656. The van der Waals surface area contributed by atoms with Crippen molar-refractivity contribution in [2.45, 2.75) is 13.8 Å². The summed E-state index contributed by atoms with van der Waals surface area (Å²) in [5, 5.41) is 12.3. The van der Waals surface area contributed by atoms with Gasteiger partial charge in [0, 0.05) is 25.0 Å². The number of hydrogen-bond acceptors (Lipinski definition) is 4. The van der Waals surface area contributed by atoms with E-state index in [1.807, 2.05) is 6.92 Å². The molecule has 0 spiro atoms. The number of pyridine rings is 2. The molecule has 0 aliphatic heterocycles. The maximum Gasteiger partial charge on any atom is 0.267 e. The van der Waals surface area contributed by atoms with E-state index in [0.29, 0.717) is 11.5 Å². The van der Waals surface area contributed by atoms with Gasteiger partial charge >= 0.3 is 0 Å². The lowest BCUT2D eigenvalue weighted by Gasteiger charge is -2.09. The second-order valence-electron chi connectivity index (χ2n) is 4.58. The molecule has 2 aromatic heterocycles. The van der Waals surface area contributed by atoms with E-state index in [-0.39, 0.29) is 11.3 Å². The van der Waals surface area contributed by atoms with E-state index in [9.17, 15) is 14.7 Å². The molecule has 2 rings (SSSR count). The molecule has 2 aromatic rings. The van der Waals surface area contributed by atoms with E-state index in [0.717, 1.165) is 5.56 Å². The maximum absolute atomic E-state index is 12.1. The molecule has 0 aliphatic rings. The highest BCUT2D eigenvalue weighted by atomic mass is 16.3. The van der Waals surface area contributed by atoms with Gasteiger partial charge in [-0.25, -0.2) is 4.98 Å². The molecule has 0 aliphatic carbocycles. The van der Waals surface area contributed by atoms with Crippen molar-refractivity contribution in [3.63, 3.8) is 0 Å². The van der Waals surface area contributed by atoms with Crippen LogP contribution in [0, 0.1) is 13.8 Å². The van der Waals surface area contributed by atoms with Gasteiger partial charge in [0.05, 0.1) is 0 Å². The molecule has 0 bridgehead atoms. The maximum atomic E-state index is 12.1. The number of rotatable bonds is 2. The van der Waals surface area contributed by atoms with Crippen LogP contribution in [-0.4, -0.2) is 20.6 Å². The van der Waals surface area contributed by atoms with E-state index in [2.05, 4.69) is 10.3 Å². The zero-order valence-electron chi connectivity index (χ0n) is 11.5. The molecule has 0 atom stereocenters. The molecule has 0 saturated carbocycles. The minimum atomic E-state index is -0.679. The lowest BCUT2D eigenvalue weighted by atomic mass is 10.2. The van der Waals surface area contributed by atoms with Gasteiger partial charge in [-0.3, -0.25) is 9.59 Å². The smallest absolute Gasteiger partial charge is 0.267 e. The van der Waals surface area contributed by atoms with Crippen molar-refractivity contribution >= 4 is 11.7 Å². The van der Waals surface area contributed by atoms with E-state index < -0.39 is 11.5 Å². The van der Waals surface area contributed by atoms with Crippen LogP contribution in [0.25, 0.3) is 0 Å². The number of aryl methyl sites for hydroxylation is 2. The van der Waals surface area contributed by atoms with Gasteiger partial charge in [0.15, 0.2) is 0 Å². The average Bonchev–Trinajstić information content (AvgIpc) is 2.36. The van der Waals surface area contributed by atoms with Crippen LogP contribution in [0.2, 0.25) is 0 Å². The van der Waals surface area contributed by atoms with Crippen molar-refractivity contribution in [2.24, 2.45) is 7.05 Å². The molecule has 1 amide bonds. The first-order valence-electron chi connectivity index (χ1n) is 6.03. The number of carbonyl (C=O) groups is 1. The van der Waals surface area contributed by atoms with E-state index in [1.54, 1.807) is 32.3 Å². The standard InChI is InChI=1S/C14H15N3O3/c1-8-4-5-15-11(6-8)16-13(19)12-10(18)7-9(2)17(3)14(12)20/h4-7,18H,1-3H3,(H,15,16,19). The largest absolute Gasteiger partial charge is 0.507 e. The van der Waals surface area contributed by atoms with E-state index in [4.69, 9.17) is 0 Å². The molecule has 6 heteroatoms. The second-order valence-corrected chi connectivity index (χ2v) is 4.58. The Hall–Kier alpha value is -2.63. The zero-order chi connectivity index (χ0) is 14.9. The van der Waals surface area contributed by atoms with Gasteiger partial charge in [0.25, 0.3) is 11.5 Å². The van der Waals surface area contributed by atoms with Gasteiger partial charge in [-0.05, 0) is 31.5 Å². The molecule has 2 N–H and O–H groups in total. The lowest BCUT2D eigenvalue weighted by Crippen LogP contribution is -2.29. The monoisotopic (exact) mass is 273 g/mol. The fourth-order valence-corrected chi connectivity index (χ4v) is 1.80. The van der Waals surface area contributed by atoms with E-state index in [1.165, 1.54) is 10.6 Å². The SMILES string of the molecule is Cc1ccnc(NC(=O)c2c(O)cc(C)n(C)c2=O)c1. The molecule has 20 heavy (non-hydrogen) atoms. The Morgan fingerprint density at radius 2 is 2.05 bits per heavy atom. The number of nitrogens with one attached hydrogen (secondary N) is 1. The zero-order valence-corrected chi connectivity index (χ0v) is 11.5. The molecule has 0 fully saturated rings. The Bertz CT molecular complexity index is 735. The highest BCUT2D eigenvalue weighted by molar-refractivity contribution is 6.05. The third-order valence-electron chi connectivity index (χ3n) is 3.03. The summed E-state index contributed by atoms with van der Waals surface area (Å²) in [4.78, 5) is 28.1. The highest BCUT2D eigenvalue weighted by Gasteiger charge is 2.18. The van der Waals surface area contributed by atoms with Crippen LogP contribution in [0.4, 0.5) is 5.82 Å².